The van der Waals surface area contributed by atoms with Crippen LogP contribution in [0, 0.1) is 10.1 Å². The van der Waals surface area contributed by atoms with E-state index in [4.69, 9.17) is 21.1 Å². The molecule has 0 spiro atoms. The number of aliphatic hydroxyl groups is 1. The normalized spacial score (nSPS) is 10.6. The van der Waals surface area contributed by atoms with E-state index in [9.17, 15) is 14.9 Å². The molecular formula is C19H15ClN2O5. The molecule has 0 saturated carbocycles. The van der Waals surface area contributed by atoms with Crippen molar-refractivity contribution in [2.45, 2.75) is 13.0 Å². The van der Waals surface area contributed by atoms with Crippen LogP contribution in [0.15, 0.2) is 59.0 Å². The van der Waals surface area contributed by atoms with Crippen molar-refractivity contribution in [1.82, 2.24) is 0 Å². The number of carbonyl (C=O) groups is 1. The molecule has 0 aliphatic rings. The lowest BCUT2D eigenvalue weighted by atomic mass is 10.1. The van der Waals surface area contributed by atoms with Crippen molar-refractivity contribution < 1.29 is 19.2 Å². The van der Waals surface area contributed by atoms with Crippen LogP contribution in [0.25, 0.3) is 11.3 Å². The third kappa shape index (κ3) is 4.52. The van der Waals surface area contributed by atoms with E-state index >= 15 is 0 Å². The Hall–Kier alpha value is -3.16. The summed E-state index contributed by atoms with van der Waals surface area (Å²) < 4.78 is 5.48. The fourth-order valence-corrected chi connectivity index (χ4v) is 2.67. The van der Waals surface area contributed by atoms with E-state index < -0.39 is 4.92 Å². The van der Waals surface area contributed by atoms with Crippen molar-refractivity contribution in [3.63, 3.8) is 0 Å². The van der Waals surface area contributed by atoms with Gasteiger partial charge in [0.2, 0.25) is 5.91 Å². The maximum Gasteiger partial charge on any atom is 0.269 e. The van der Waals surface area contributed by atoms with Gasteiger partial charge in [-0.1, -0.05) is 23.7 Å². The summed E-state index contributed by atoms with van der Waals surface area (Å²) >= 11 is 6.16. The summed E-state index contributed by atoms with van der Waals surface area (Å²) in [4.78, 5) is 22.5. The van der Waals surface area contributed by atoms with Gasteiger partial charge in [-0.05, 0) is 35.9 Å². The van der Waals surface area contributed by atoms with Crippen molar-refractivity contribution in [2.75, 3.05) is 5.32 Å². The minimum atomic E-state index is -0.494. The van der Waals surface area contributed by atoms with Gasteiger partial charge in [-0.25, -0.2) is 0 Å². The van der Waals surface area contributed by atoms with Crippen LogP contribution in [0.4, 0.5) is 11.4 Å². The maximum absolute atomic E-state index is 12.3. The van der Waals surface area contributed by atoms with Crippen LogP contribution in [0.5, 0.6) is 0 Å². The van der Waals surface area contributed by atoms with E-state index in [-0.39, 0.29) is 24.6 Å². The summed E-state index contributed by atoms with van der Waals surface area (Å²) in [6.45, 7) is -0.202. The van der Waals surface area contributed by atoms with Crippen LogP contribution in [0.1, 0.15) is 11.3 Å². The molecule has 3 aromatic rings. The molecule has 0 radical (unpaired) electrons. The quantitative estimate of drug-likeness (QED) is 0.488. The highest BCUT2D eigenvalue weighted by Crippen LogP contribution is 2.30. The summed E-state index contributed by atoms with van der Waals surface area (Å²) in [6, 6.07) is 14.2. The Morgan fingerprint density at radius 1 is 1.15 bits per heavy atom. The number of aliphatic hydroxyl groups excluding tert-OH is 1. The molecule has 2 N–H and O–H groups in total. The monoisotopic (exact) mass is 386 g/mol. The van der Waals surface area contributed by atoms with Gasteiger partial charge in [0.15, 0.2) is 0 Å². The Balaban J connectivity index is 1.73. The minimum absolute atomic E-state index is 0.0319. The second kappa shape index (κ2) is 8.03. The lowest BCUT2D eigenvalue weighted by Crippen LogP contribution is -2.14. The lowest BCUT2D eigenvalue weighted by molar-refractivity contribution is -0.384. The molecule has 0 bridgehead atoms. The fourth-order valence-electron chi connectivity index (χ4n) is 2.51. The Labute approximate surface area is 159 Å². The first-order valence-electron chi connectivity index (χ1n) is 7.99. The van der Waals surface area contributed by atoms with Crippen LogP contribution in [-0.2, 0) is 17.8 Å². The first-order chi connectivity index (χ1) is 13.0. The van der Waals surface area contributed by atoms with Gasteiger partial charge in [0, 0.05) is 17.7 Å². The summed E-state index contributed by atoms with van der Waals surface area (Å²) in [7, 11) is 0. The molecule has 27 heavy (non-hydrogen) atoms. The van der Waals surface area contributed by atoms with Crippen molar-refractivity contribution in [2.24, 2.45) is 0 Å². The number of halogens is 1. The molecule has 7 nitrogen and oxygen atoms in total. The Bertz CT molecular complexity index is 982. The number of non-ortho nitro benzene ring substituents is 1. The average Bonchev–Trinajstić information content (AvgIpc) is 3.13. The van der Waals surface area contributed by atoms with Gasteiger partial charge in [0.1, 0.15) is 18.1 Å². The summed E-state index contributed by atoms with van der Waals surface area (Å²) in [5.41, 5.74) is 1.73. The smallest absolute Gasteiger partial charge is 0.269 e. The van der Waals surface area contributed by atoms with Crippen LogP contribution in [-0.4, -0.2) is 15.9 Å². The van der Waals surface area contributed by atoms with E-state index in [1.807, 2.05) is 0 Å². The zero-order valence-corrected chi connectivity index (χ0v) is 14.8. The molecule has 1 heterocycles. The number of nitrogens with zero attached hydrogens (tertiary/aromatic N) is 1. The molecule has 0 unspecified atom stereocenters. The van der Waals surface area contributed by atoms with E-state index in [2.05, 4.69) is 5.32 Å². The summed E-state index contributed by atoms with van der Waals surface area (Å²) in [5, 5.41) is 22.9. The number of hydrogen-bond acceptors (Lipinski definition) is 5. The average molecular weight is 387 g/mol. The van der Waals surface area contributed by atoms with Crippen molar-refractivity contribution in [1.29, 1.82) is 0 Å². The predicted octanol–water partition coefficient (Wildman–Crippen LogP) is 4.18. The van der Waals surface area contributed by atoms with Gasteiger partial charge >= 0.3 is 0 Å². The number of rotatable bonds is 6. The third-order valence-electron chi connectivity index (χ3n) is 3.85. The molecule has 0 fully saturated rings. The number of hydrogen-bond donors (Lipinski definition) is 2. The SMILES string of the molecule is O=C(Cc1ccc([N+](=O)[O-])cc1)Nc1cc(-c2ccc(CO)o2)ccc1Cl. The number of nitrogens with one attached hydrogen (secondary N) is 1. The number of anilines is 1. The Kier molecular flexibility index (Phi) is 5.54. The topological polar surface area (TPSA) is 106 Å². The summed E-state index contributed by atoms with van der Waals surface area (Å²) in [6.07, 6.45) is 0.0496. The standard InChI is InChI=1S/C19H15ClN2O5/c20-16-7-3-13(18-8-6-15(11-23)27-18)10-17(16)21-19(24)9-12-1-4-14(5-2-12)22(25)26/h1-8,10,23H,9,11H2,(H,21,24). The van der Waals surface area contributed by atoms with Gasteiger partial charge in [0.25, 0.3) is 5.69 Å². The fraction of sp³-hybridized carbons (Fsp3) is 0.105. The van der Waals surface area contributed by atoms with E-state index in [0.29, 0.717) is 33.4 Å². The number of benzene rings is 2. The van der Waals surface area contributed by atoms with Gasteiger partial charge in [0.05, 0.1) is 22.1 Å². The first-order valence-corrected chi connectivity index (χ1v) is 8.37. The van der Waals surface area contributed by atoms with E-state index in [1.54, 1.807) is 30.3 Å². The molecule has 1 amide bonds. The number of furan rings is 1. The molecular weight excluding hydrogens is 372 g/mol. The van der Waals surface area contributed by atoms with Crippen LogP contribution in [0.2, 0.25) is 5.02 Å². The Morgan fingerprint density at radius 2 is 1.89 bits per heavy atom. The van der Waals surface area contributed by atoms with Crippen molar-refractivity contribution in [3.05, 3.63) is 81.1 Å². The lowest BCUT2D eigenvalue weighted by Gasteiger charge is -2.09. The molecule has 0 saturated heterocycles. The molecule has 0 aliphatic heterocycles. The Morgan fingerprint density at radius 3 is 2.52 bits per heavy atom. The first kappa shape index (κ1) is 18.6. The zero-order chi connectivity index (χ0) is 19.4. The molecule has 138 valence electrons. The number of carbonyl (C=O) groups excluding carboxylic acids is 1. The second-order valence-corrected chi connectivity index (χ2v) is 6.17. The van der Waals surface area contributed by atoms with Gasteiger partial charge in [-0.15, -0.1) is 0 Å². The number of nitro groups is 1. The third-order valence-corrected chi connectivity index (χ3v) is 4.18. The van der Waals surface area contributed by atoms with E-state index in [0.717, 1.165) is 0 Å². The van der Waals surface area contributed by atoms with Crippen molar-refractivity contribution >= 4 is 28.9 Å². The van der Waals surface area contributed by atoms with Crippen LogP contribution < -0.4 is 5.32 Å². The summed E-state index contributed by atoms with van der Waals surface area (Å²) in [5.74, 6) is 0.670. The van der Waals surface area contributed by atoms with Crippen molar-refractivity contribution in [3.8, 4) is 11.3 Å². The molecule has 0 atom stereocenters. The van der Waals surface area contributed by atoms with Crippen LogP contribution in [0.3, 0.4) is 0 Å². The number of amides is 1. The zero-order valence-electron chi connectivity index (χ0n) is 14.0. The molecule has 8 heteroatoms. The highest BCUT2D eigenvalue weighted by atomic mass is 35.5. The predicted molar refractivity (Wildman–Crippen MR) is 101 cm³/mol. The van der Waals surface area contributed by atoms with Crippen LogP contribution >= 0.6 is 11.6 Å². The minimum Gasteiger partial charge on any atom is -0.459 e. The molecule has 0 aliphatic carbocycles. The molecule has 1 aromatic heterocycles. The van der Waals surface area contributed by atoms with Gasteiger partial charge in [-0.3, -0.25) is 14.9 Å². The van der Waals surface area contributed by atoms with Gasteiger partial charge < -0.3 is 14.8 Å². The molecule has 2 aromatic carbocycles. The maximum atomic E-state index is 12.3. The van der Waals surface area contributed by atoms with Gasteiger partial charge in [-0.2, -0.15) is 0 Å². The second-order valence-electron chi connectivity index (χ2n) is 5.77. The highest BCUT2D eigenvalue weighted by Gasteiger charge is 2.12. The van der Waals surface area contributed by atoms with E-state index in [1.165, 1.54) is 24.3 Å². The highest BCUT2D eigenvalue weighted by molar-refractivity contribution is 6.33. The largest absolute Gasteiger partial charge is 0.459 e. The number of nitro benzene ring substituents is 1. The molecule has 3 rings (SSSR count).